The van der Waals surface area contributed by atoms with E-state index in [4.69, 9.17) is 4.74 Å². The number of unbranched alkanes of at least 4 members (excludes halogenated alkanes) is 2. The predicted molar refractivity (Wildman–Crippen MR) is 55.0 cm³/mol. The summed E-state index contributed by atoms with van der Waals surface area (Å²) in [4.78, 5) is 21.6. The lowest BCUT2D eigenvalue weighted by Crippen LogP contribution is -2.02. The van der Waals surface area contributed by atoms with Crippen molar-refractivity contribution in [1.82, 2.24) is 0 Å². The molecule has 0 aliphatic rings. The van der Waals surface area contributed by atoms with E-state index in [-0.39, 0.29) is 5.97 Å². The van der Waals surface area contributed by atoms with Gasteiger partial charge in [-0.05, 0) is 19.3 Å². The van der Waals surface area contributed by atoms with Gasteiger partial charge in [0.1, 0.15) is 5.78 Å². The fraction of sp³-hybridized carbons (Fsp3) is 0.818. The molecule has 0 aromatic heterocycles. The first-order valence-corrected chi connectivity index (χ1v) is 5.32. The van der Waals surface area contributed by atoms with Gasteiger partial charge in [0.15, 0.2) is 0 Å². The zero-order valence-electron chi connectivity index (χ0n) is 9.17. The Bertz CT molecular complexity index is 175. The largest absolute Gasteiger partial charge is 0.466 e. The van der Waals surface area contributed by atoms with Gasteiger partial charge in [-0.3, -0.25) is 9.59 Å². The van der Waals surface area contributed by atoms with Crippen LogP contribution in [0, 0.1) is 0 Å². The van der Waals surface area contributed by atoms with Crippen LogP contribution in [-0.4, -0.2) is 18.4 Å². The van der Waals surface area contributed by atoms with Gasteiger partial charge < -0.3 is 4.74 Å². The molecule has 0 fully saturated rings. The maximum absolute atomic E-state index is 11.2. The number of hydrogen-bond donors (Lipinski definition) is 0. The van der Waals surface area contributed by atoms with Crippen LogP contribution in [0.3, 0.4) is 0 Å². The molecule has 0 saturated heterocycles. The summed E-state index contributed by atoms with van der Waals surface area (Å²) in [6, 6.07) is 0. The number of carbonyl (C=O) groups is 2. The first-order chi connectivity index (χ1) is 6.66. The van der Waals surface area contributed by atoms with Gasteiger partial charge in [-0.25, -0.2) is 0 Å². The highest BCUT2D eigenvalue weighted by atomic mass is 16.5. The highest BCUT2D eigenvalue weighted by molar-refractivity contribution is 5.78. The fourth-order valence-electron chi connectivity index (χ4n) is 1.14. The summed E-state index contributed by atoms with van der Waals surface area (Å²) in [5.74, 6) is 0.0805. The molecule has 0 heterocycles. The quantitative estimate of drug-likeness (QED) is 0.446. The third kappa shape index (κ3) is 9.23. The van der Waals surface area contributed by atoms with Crippen molar-refractivity contribution in [3.05, 3.63) is 0 Å². The molecule has 0 aliphatic carbocycles. The molecule has 0 saturated carbocycles. The van der Waals surface area contributed by atoms with Gasteiger partial charge in [0, 0.05) is 19.8 Å². The summed E-state index contributed by atoms with van der Waals surface area (Å²) in [6.07, 6.45) is 5.00. The number of ether oxygens (including phenoxy) is 1. The van der Waals surface area contributed by atoms with E-state index in [9.17, 15) is 9.59 Å². The second-order valence-corrected chi connectivity index (χ2v) is 3.44. The molecule has 14 heavy (non-hydrogen) atoms. The number of carbonyl (C=O) groups excluding carboxylic acids is 2. The molecule has 0 bridgehead atoms. The van der Waals surface area contributed by atoms with E-state index in [0.29, 0.717) is 25.2 Å². The Balaban J connectivity index is 3.19. The number of esters is 1. The minimum Gasteiger partial charge on any atom is -0.466 e. The van der Waals surface area contributed by atoms with Crippen LogP contribution in [0.5, 0.6) is 0 Å². The molecular weight excluding hydrogens is 180 g/mol. The number of rotatable bonds is 8. The molecule has 0 atom stereocenters. The van der Waals surface area contributed by atoms with Crippen LogP contribution in [-0.2, 0) is 14.3 Å². The Hall–Kier alpha value is -0.860. The summed E-state index contributed by atoms with van der Waals surface area (Å²) in [5, 5.41) is 0. The highest BCUT2D eigenvalue weighted by Gasteiger charge is 2.01. The summed E-state index contributed by atoms with van der Waals surface area (Å²) in [5.41, 5.74) is 0. The van der Waals surface area contributed by atoms with Crippen molar-refractivity contribution >= 4 is 11.8 Å². The minimum atomic E-state index is -0.248. The number of hydrogen-bond acceptors (Lipinski definition) is 3. The maximum atomic E-state index is 11.2. The molecular formula is C11H20O3. The topological polar surface area (TPSA) is 43.4 Å². The predicted octanol–water partition coefficient (Wildman–Crippen LogP) is 2.48. The van der Waals surface area contributed by atoms with Crippen molar-refractivity contribution in [3.8, 4) is 0 Å². The second kappa shape index (κ2) is 8.73. The normalized spacial score (nSPS) is 9.86. The van der Waals surface area contributed by atoms with Gasteiger partial charge in [-0.15, -0.1) is 0 Å². The Morgan fingerprint density at radius 1 is 1.07 bits per heavy atom. The van der Waals surface area contributed by atoms with Crippen LogP contribution in [0.1, 0.15) is 52.4 Å². The lowest BCUT2D eigenvalue weighted by molar-refractivity contribution is -0.141. The molecule has 0 rings (SSSR count). The fourth-order valence-corrected chi connectivity index (χ4v) is 1.14. The molecule has 0 amide bonds. The van der Waals surface area contributed by atoms with Crippen LogP contribution < -0.4 is 0 Å². The third-order valence-electron chi connectivity index (χ3n) is 1.96. The van der Waals surface area contributed by atoms with Gasteiger partial charge >= 0.3 is 5.97 Å². The molecule has 0 radical (unpaired) electrons. The monoisotopic (exact) mass is 200 g/mol. The molecule has 0 spiro atoms. The van der Waals surface area contributed by atoms with Crippen molar-refractivity contribution in [2.75, 3.05) is 6.61 Å². The molecule has 0 N–H and O–H groups in total. The average Bonchev–Trinajstić information content (AvgIpc) is 2.13. The zero-order valence-corrected chi connectivity index (χ0v) is 9.17. The Morgan fingerprint density at radius 2 is 1.71 bits per heavy atom. The van der Waals surface area contributed by atoms with Crippen LogP contribution in [0.4, 0.5) is 0 Å². The molecule has 3 nitrogen and oxygen atoms in total. The third-order valence-corrected chi connectivity index (χ3v) is 1.96. The van der Waals surface area contributed by atoms with E-state index in [1.165, 1.54) is 6.92 Å². The first-order valence-electron chi connectivity index (χ1n) is 5.32. The SMILES string of the molecule is CCCCC(=O)CCCCOC(C)=O. The smallest absolute Gasteiger partial charge is 0.302 e. The molecule has 82 valence electrons. The van der Waals surface area contributed by atoms with Crippen LogP contribution >= 0.6 is 0 Å². The summed E-state index contributed by atoms with van der Waals surface area (Å²) in [6.45, 7) is 3.91. The van der Waals surface area contributed by atoms with Crippen LogP contribution in [0.15, 0.2) is 0 Å². The van der Waals surface area contributed by atoms with E-state index >= 15 is 0 Å². The second-order valence-electron chi connectivity index (χ2n) is 3.44. The maximum Gasteiger partial charge on any atom is 0.302 e. The summed E-state index contributed by atoms with van der Waals surface area (Å²) < 4.78 is 4.75. The van der Waals surface area contributed by atoms with Gasteiger partial charge in [0.05, 0.1) is 6.61 Å². The molecule has 3 heteroatoms. The Morgan fingerprint density at radius 3 is 2.29 bits per heavy atom. The first kappa shape index (κ1) is 13.1. The van der Waals surface area contributed by atoms with Crippen LogP contribution in [0.2, 0.25) is 0 Å². The van der Waals surface area contributed by atoms with Gasteiger partial charge in [0.2, 0.25) is 0 Å². The van der Waals surface area contributed by atoms with Crippen molar-refractivity contribution in [1.29, 1.82) is 0 Å². The number of ketones is 1. The average molecular weight is 200 g/mol. The lowest BCUT2D eigenvalue weighted by atomic mass is 10.1. The lowest BCUT2D eigenvalue weighted by Gasteiger charge is -2.01. The van der Waals surface area contributed by atoms with Crippen molar-refractivity contribution in [2.24, 2.45) is 0 Å². The van der Waals surface area contributed by atoms with E-state index in [1.807, 2.05) is 0 Å². The van der Waals surface area contributed by atoms with Crippen molar-refractivity contribution < 1.29 is 14.3 Å². The van der Waals surface area contributed by atoms with E-state index in [2.05, 4.69) is 6.92 Å². The standard InChI is InChI=1S/C11H20O3/c1-3-4-7-11(13)8-5-6-9-14-10(2)12/h3-9H2,1-2H3. The van der Waals surface area contributed by atoms with E-state index < -0.39 is 0 Å². The Kier molecular flexibility index (Phi) is 8.19. The highest BCUT2D eigenvalue weighted by Crippen LogP contribution is 2.03. The minimum absolute atomic E-state index is 0.248. The van der Waals surface area contributed by atoms with Crippen molar-refractivity contribution in [2.45, 2.75) is 52.4 Å². The zero-order chi connectivity index (χ0) is 10.8. The van der Waals surface area contributed by atoms with Gasteiger partial charge in [-0.2, -0.15) is 0 Å². The number of Topliss-reactive ketones (excluding diaryl/α,β-unsaturated/α-hetero) is 1. The van der Waals surface area contributed by atoms with E-state index in [1.54, 1.807) is 0 Å². The summed E-state index contributed by atoms with van der Waals surface area (Å²) >= 11 is 0. The Labute approximate surface area is 85.8 Å². The molecule has 0 unspecified atom stereocenters. The van der Waals surface area contributed by atoms with Crippen molar-refractivity contribution in [3.63, 3.8) is 0 Å². The summed E-state index contributed by atoms with van der Waals surface area (Å²) in [7, 11) is 0. The van der Waals surface area contributed by atoms with Crippen LogP contribution in [0.25, 0.3) is 0 Å². The van der Waals surface area contributed by atoms with E-state index in [0.717, 1.165) is 25.7 Å². The van der Waals surface area contributed by atoms with Gasteiger partial charge in [0.25, 0.3) is 0 Å². The molecule has 0 aliphatic heterocycles. The molecule has 0 aromatic rings. The molecule has 0 aromatic carbocycles. The van der Waals surface area contributed by atoms with Gasteiger partial charge in [-0.1, -0.05) is 13.3 Å².